The summed E-state index contributed by atoms with van der Waals surface area (Å²) in [4.78, 5) is 13.6. The number of amides is 1. The van der Waals surface area contributed by atoms with Crippen molar-refractivity contribution in [1.82, 2.24) is 4.90 Å². The molecule has 15 heavy (non-hydrogen) atoms. The fraction of sp³-hybridized carbons (Fsp3) is 0.417. The summed E-state index contributed by atoms with van der Waals surface area (Å²) in [6.07, 6.45) is 2.16. The zero-order valence-electron chi connectivity index (χ0n) is 9.16. The summed E-state index contributed by atoms with van der Waals surface area (Å²) >= 11 is 3.35. The zero-order chi connectivity index (χ0) is 11.3. The van der Waals surface area contributed by atoms with E-state index in [2.05, 4.69) is 22.9 Å². The molecule has 1 amide bonds. The molecule has 0 fully saturated rings. The van der Waals surface area contributed by atoms with Crippen LogP contribution in [0.5, 0.6) is 0 Å². The first kappa shape index (κ1) is 12.2. The van der Waals surface area contributed by atoms with Crippen molar-refractivity contribution >= 4 is 21.8 Å². The van der Waals surface area contributed by atoms with Crippen LogP contribution in [0.1, 0.15) is 30.1 Å². The van der Waals surface area contributed by atoms with Crippen LogP contribution in [-0.4, -0.2) is 24.4 Å². The maximum absolute atomic E-state index is 11.9. The van der Waals surface area contributed by atoms with E-state index < -0.39 is 0 Å². The molecule has 2 nitrogen and oxygen atoms in total. The zero-order valence-corrected chi connectivity index (χ0v) is 10.8. The number of halogens is 1. The summed E-state index contributed by atoms with van der Waals surface area (Å²) in [5.74, 6) is 0.0935. The Bertz CT molecular complexity index is 321. The van der Waals surface area contributed by atoms with Crippen molar-refractivity contribution in [2.75, 3.05) is 13.6 Å². The number of nitrogens with zero attached hydrogens (tertiary/aromatic N) is 1. The quantitative estimate of drug-likeness (QED) is 0.821. The molecule has 0 N–H and O–H groups in total. The van der Waals surface area contributed by atoms with Crippen LogP contribution in [0.2, 0.25) is 0 Å². The molecule has 0 aliphatic carbocycles. The van der Waals surface area contributed by atoms with Crippen molar-refractivity contribution in [3.05, 3.63) is 34.3 Å². The van der Waals surface area contributed by atoms with Crippen molar-refractivity contribution in [2.45, 2.75) is 19.8 Å². The van der Waals surface area contributed by atoms with Gasteiger partial charge in [-0.05, 0) is 30.7 Å². The van der Waals surface area contributed by atoms with Crippen molar-refractivity contribution in [2.24, 2.45) is 0 Å². The Balaban J connectivity index is 2.63. The first-order chi connectivity index (χ1) is 7.15. The maximum Gasteiger partial charge on any atom is 0.253 e. The van der Waals surface area contributed by atoms with E-state index in [0.717, 1.165) is 29.4 Å². The highest BCUT2D eigenvalue weighted by Gasteiger charge is 2.10. The van der Waals surface area contributed by atoms with Crippen molar-refractivity contribution in [1.29, 1.82) is 0 Å². The fourth-order valence-corrected chi connectivity index (χ4v) is 1.57. The fourth-order valence-electron chi connectivity index (χ4n) is 1.31. The summed E-state index contributed by atoms with van der Waals surface area (Å²) in [6, 6.07) is 7.46. The molecule has 0 radical (unpaired) electrons. The van der Waals surface area contributed by atoms with Gasteiger partial charge in [0.05, 0.1) is 0 Å². The number of carbonyl (C=O) groups excluding carboxylic acids is 1. The van der Waals surface area contributed by atoms with Crippen LogP contribution < -0.4 is 0 Å². The summed E-state index contributed by atoms with van der Waals surface area (Å²) in [7, 11) is 1.85. The molecule has 0 aromatic heterocycles. The smallest absolute Gasteiger partial charge is 0.253 e. The number of hydrogen-bond acceptors (Lipinski definition) is 1. The second kappa shape index (κ2) is 5.91. The molecule has 0 spiro atoms. The third-order valence-corrected chi connectivity index (χ3v) is 2.81. The average molecular weight is 270 g/mol. The number of rotatable bonds is 4. The van der Waals surface area contributed by atoms with E-state index in [4.69, 9.17) is 0 Å². The summed E-state index contributed by atoms with van der Waals surface area (Å²) < 4.78 is 0.996. The van der Waals surface area contributed by atoms with Gasteiger partial charge in [-0.25, -0.2) is 0 Å². The van der Waals surface area contributed by atoms with E-state index in [0.29, 0.717) is 0 Å². The van der Waals surface area contributed by atoms with Gasteiger partial charge in [-0.2, -0.15) is 0 Å². The van der Waals surface area contributed by atoms with E-state index in [-0.39, 0.29) is 5.91 Å². The van der Waals surface area contributed by atoms with Crippen LogP contribution in [0, 0.1) is 0 Å². The second-order valence-electron chi connectivity index (χ2n) is 3.59. The minimum Gasteiger partial charge on any atom is -0.342 e. The van der Waals surface area contributed by atoms with E-state index in [1.54, 1.807) is 4.90 Å². The molecule has 82 valence electrons. The summed E-state index contributed by atoms with van der Waals surface area (Å²) in [6.45, 7) is 2.95. The highest BCUT2D eigenvalue weighted by molar-refractivity contribution is 9.10. The average Bonchev–Trinajstić information content (AvgIpc) is 2.26. The van der Waals surface area contributed by atoms with E-state index >= 15 is 0 Å². The van der Waals surface area contributed by atoms with Crippen molar-refractivity contribution in [3.63, 3.8) is 0 Å². The van der Waals surface area contributed by atoms with Crippen LogP contribution in [-0.2, 0) is 0 Å². The predicted molar refractivity (Wildman–Crippen MR) is 66.0 cm³/mol. The third kappa shape index (κ3) is 3.67. The van der Waals surface area contributed by atoms with Crippen molar-refractivity contribution in [3.8, 4) is 0 Å². The van der Waals surface area contributed by atoms with Gasteiger partial charge in [-0.15, -0.1) is 0 Å². The lowest BCUT2D eigenvalue weighted by Gasteiger charge is -2.16. The molecule has 0 unspecified atom stereocenters. The SMILES string of the molecule is CCCCN(C)C(=O)c1ccc(Br)cc1. The maximum atomic E-state index is 11.9. The van der Waals surface area contributed by atoms with Gasteiger partial charge in [0.15, 0.2) is 0 Å². The largest absolute Gasteiger partial charge is 0.342 e. The molecule has 3 heteroatoms. The molecule has 0 bridgehead atoms. The number of carbonyl (C=O) groups is 1. The highest BCUT2D eigenvalue weighted by atomic mass is 79.9. The van der Waals surface area contributed by atoms with Crippen LogP contribution in [0.4, 0.5) is 0 Å². The second-order valence-corrected chi connectivity index (χ2v) is 4.50. The Morgan fingerprint density at radius 2 is 1.93 bits per heavy atom. The molecule has 0 atom stereocenters. The standard InChI is InChI=1S/C12H16BrNO/c1-3-4-9-14(2)12(15)10-5-7-11(13)8-6-10/h5-8H,3-4,9H2,1-2H3. The minimum atomic E-state index is 0.0935. The highest BCUT2D eigenvalue weighted by Crippen LogP contribution is 2.12. The molecular weight excluding hydrogens is 254 g/mol. The van der Waals surface area contributed by atoms with Gasteiger partial charge in [-0.3, -0.25) is 4.79 Å². The molecule has 0 aliphatic rings. The van der Waals surface area contributed by atoms with Gasteiger partial charge in [0.25, 0.3) is 5.91 Å². The monoisotopic (exact) mass is 269 g/mol. The molecule has 1 aromatic rings. The predicted octanol–water partition coefficient (Wildman–Crippen LogP) is 3.32. The van der Waals surface area contributed by atoms with Gasteiger partial charge in [0.2, 0.25) is 0 Å². The van der Waals surface area contributed by atoms with E-state index in [9.17, 15) is 4.79 Å². The van der Waals surface area contributed by atoms with Gasteiger partial charge in [0.1, 0.15) is 0 Å². The molecular formula is C12H16BrNO. The van der Waals surface area contributed by atoms with Crippen LogP contribution >= 0.6 is 15.9 Å². The van der Waals surface area contributed by atoms with Gasteiger partial charge in [0, 0.05) is 23.6 Å². The lowest BCUT2D eigenvalue weighted by atomic mass is 10.2. The Morgan fingerprint density at radius 1 is 1.33 bits per heavy atom. The lowest BCUT2D eigenvalue weighted by molar-refractivity contribution is 0.0793. The summed E-state index contributed by atoms with van der Waals surface area (Å²) in [5, 5.41) is 0. The first-order valence-electron chi connectivity index (χ1n) is 5.16. The van der Waals surface area contributed by atoms with Gasteiger partial charge in [-0.1, -0.05) is 29.3 Å². The number of hydrogen-bond donors (Lipinski definition) is 0. The molecule has 1 aromatic carbocycles. The van der Waals surface area contributed by atoms with Crippen LogP contribution in [0.25, 0.3) is 0 Å². The topological polar surface area (TPSA) is 20.3 Å². The minimum absolute atomic E-state index is 0.0935. The van der Waals surface area contributed by atoms with E-state index in [1.807, 2.05) is 31.3 Å². The Kier molecular flexibility index (Phi) is 4.82. The molecule has 0 heterocycles. The summed E-state index contributed by atoms with van der Waals surface area (Å²) in [5.41, 5.74) is 0.747. The van der Waals surface area contributed by atoms with Crippen molar-refractivity contribution < 1.29 is 4.79 Å². The Morgan fingerprint density at radius 3 is 2.47 bits per heavy atom. The Hall–Kier alpha value is -0.830. The molecule has 0 saturated carbocycles. The number of benzene rings is 1. The first-order valence-corrected chi connectivity index (χ1v) is 5.95. The van der Waals surface area contributed by atoms with Crippen LogP contribution in [0.3, 0.4) is 0 Å². The molecule has 0 aliphatic heterocycles. The molecule has 0 saturated heterocycles. The Labute approximate surface area is 99.4 Å². The third-order valence-electron chi connectivity index (χ3n) is 2.28. The normalized spacial score (nSPS) is 10.1. The van der Waals surface area contributed by atoms with Crippen LogP contribution in [0.15, 0.2) is 28.7 Å². The van der Waals surface area contributed by atoms with Gasteiger partial charge >= 0.3 is 0 Å². The number of unbranched alkanes of at least 4 members (excludes halogenated alkanes) is 1. The molecule has 1 rings (SSSR count). The van der Waals surface area contributed by atoms with Gasteiger partial charge < -0.3 is 4.90 Å². The lowest BCUT2D eigenvalue weighted by Crippen LogP contribution is -2.27. The van der Waals surface area contributed by atoms with E-state index in [1.165, 1.54) is 0 Å².